The zero-order chi connectivity index (χ0) is 10.8. The first kappa shape index (κ1) is 11.0. The van der Waals surface area contributed by atoms with Crippen LogP contribution in [0.1, 0.15) is 39.5 Å². The lowest BCUT2D eigenvalue weighted by atomic mass is 9.94. The van der Waals surface area contributed by atoms with E-state index >= 15 is 0 Å². The fourth-order valence-corrected chi connectivity index (χ4v) is 1.83. The SMILES string of the molecule is C=C(C)C(=O)OC1(C(=C)C)CCCC1. The van der Waals surface area contributed by atoms with Gasteiger partial charge in [-0.05, 0) is 45.1 Å². The third-order valence-corrected chi connectivity index (χ3v) is 2.83. The van der Waals surface area contributed by atoms with Crippen LogP contribution in [0.2, 0.25) is 0 Å². The average molecular weight is 194 g/mol. The summed E-state index contributed by atoms with van der Waals surface area (Å²) in [6, 6.07) is 0. The highest BCUT2D eigenvalue weighted by molar-refractivity contribution is 5.87. The van der Waals surface area contributed by atoms with Crippen molar-refractivity contribution >= 4 is 5.97 Å². The summed E-state index contributed by atoms with van der Waals surface area (Å²) >= 11 is 0. The Morgan fingerprint density at radius 2 is 1.71 bits per heavy atom. The lowest BCUT2D eigenvalue weighted by Gasteiger charge is -2.29. The lowest BCUT2D eigenvalue weighted by molar-refractivity contribution is -0.150. The summed E-state index contributed by atoms with van der Waals surface area (Å²) in [5, 5.41) is 0. The van der Waals surface area contributed by atoms with E-state index < -0.39 is 5.60 Å². The van der Waals surface area contributed by atoms with Gasteiger partial charge < -0.3 is 4.74 Å². The monoisotopic (exact) mass is 194 g/mol. The van der Waals surface area contributed by atoms with Gasteiger partial charge in [-0.1, -0.05) is 13.2 Å². The standard InChI is InChI=1S/C12H18O2/c1-9(2)11(13)14-12(10(3)4)7-5-6-8-12/h1,3,5-8H2,2,4H3. The van der Waals surface area contributed by atoms with Crippen molar-refractivity contribution in [3.63, 3.8) is 0 Å². The van der Waals surface area contributed by atoms with Crippen LogP contribution in [0.4, 0.5) is 0 Å². The van der Waals surface area contributed by atoms with E-state index in [4.69, 9.17) is 4.74 Å². The molecule has 0 atom stereocenters. The molecule has 2 heteroatoms. The van der Waals surface area contributed by atoms with Gasteiger partial charge in [0.1, 0.15) is 5.60 Å². The van der Waals surface area contributed by atoms with Crippen LogP contribution >= 0.6 is 0 Å². The zero-order valence-electron chi connectivity index (χ0n) is 9.06. The molecule has 14 heavy (non-hydrogen) atoms. The largest absolute Gasteiger partial charge is 0.451 e. The number of rotatable bonds is 3. The van der Waals surface area contributed by atoms with E-state index in [1.54, 1.807) is 6.92 Å². The lowest BCUT2D eigenvalue weighted by Crippen LogP contribution is -2.33. The molecular weight excluding hydrogens is 176 g/mol. The van der Waals surface area contributed by atoms with Crippen molar-refractivity contribution in [2.24, 2.45) is 0 Å². The van der Waals surface area contributed by atoms with Crippen LogP contribution < -0.4 is 0 Å². The number of ether oxygens (including phenoxy) is 1. The molecule has 1 rings (SSSR count). The van der Waals surface area contributed by atoms with Gasteiger partial charge in [-0.3, -0.25) is 0 Å². The van der Waals surface area contributed by atoms with Crippen LogP contribution in [-0.4, -0.2) is 11.6 Å². The molecular formula is C12H18O2. The minimum absolute atomic E-state index is 0.296. The Morgan fingerprint density at radius 1 is 1.21 bits per heavy atom. The van der Waals surface area contributed by atoms with Crippen molar-refractivity contribution in [1.29, 1.82) is 0 Å². The highest BCUT2D eigenvalue weighted by atomic mass is 16.6. The normalized spacial score (nSPS) is 19.0. The molecule has 0 radical (unpaired) electrons. The third-order valence-electron chi connectivity index (χ3n) is 2.83. The Hall–Kier alpha value is -1.05. The van der Waals surface area contributed by atoms with Crippen LogP contribution in [-0.2, 0) is 9.53 Å². The number of carbonyl (C=O) groups excluding carboxylic acids is 1. The second kappa shape index (κ2) is 3.99. The van der Waals surface area contributed by atoms with Gasteiger partial charge in [0.15, 0.2) is 0 Å². The Morgan fingerprint density at radius 3 is 2.07 bits per heavy atom. The number of hydrogen-bond donors (Lipinski definition) is 0. The van der Waals surface area contributed by atoms with Crippen molar-refractivity contribution in [1.82, 2.24) is 0 Å². The molecule has 78 valence electrons. The Kier molecular flexibility index (Phi) is 3.14. The molecule has 0 unspecified atom stereocenters. The predicted octanol–water partition coefficient (Wildman–Crippen LogP) is 2.99. The Labute approximate surface area is 85.6 Å². The number of hydrogen-bond acceptors (Lipinski definition) is 2. The second-order valence-corrected chi connectivity index (χ2v) is 4.15. The molecule has 0 bridgehead atoms. The minimum atomic E-state index is -0.407. The van der Waals surface area contributed by atoms with Crippen molar-refractivity contribution < 1.29 is 9.53 Å². The van der Waals surface area contributed by atoms with Crippen molar-refractivity contribution in [2.75, 3.05) is 0 Å². The van der Waals surface area contributed by atoms with Crippen LogP contribution in [0.25, 0.3) is 0 Å². The summed E-state index contributed by atoms with van der Waals surface area (Å²) in [5.74, 6) is -0.296. The summed E-state index contributed by atoms with van der Waals surface area (Å²) in [4.78, 5) is 11.4. The number of carbonyl (C=O) groups is 1. The summed E-state index contributed by atoms with van der Waals surface area (Å²) < 4.78 is 5.48. The van der Waals surface area contributed by atoms with Gasteiger partial charge in [0.05, 0.1) is 0 Å². The summed E-state index contributed by atoms with van der Waals surface area (Å²) in [6.07, 6.45) is 4.02. The van der Waals surface area contributed by atoms with Crippen molar-refractivity contribution in [2.45, 2.75) is 45.1 Å². The molecule has 1 aliphatic carbocycles. The molecule has 0 aromatic heterocycles. The molecule has 0 spiro atoms. The Bertz CT molecular complexity index is 270. The topological polar surface area (TPSA) is 26.3 Å². The smallest absolute Gasteiger partial charge is 0.333 e. The fourth-order valence-electron chi connectivity index (χ4n) is 1.83. The zero-order valence-corrected chi connectivity index (χ0v) is 9.06. The van der Waals surface area contributed by atoms with Crippen LogP contribution in [0.15, 0.2) is 24.3 Å². The van der Waals surface area contributed by atoms with Gasteiger partial charge in [0.25, 0.3) is 0 Å². The van der Waals surface area contributed by atoms with E-state index in [0.717, 1.165) is 31.3 Å². The first-order valence-electron chi connectivity index (χ1n) is 5.03. The van der Waals surface area contributed by atoms with Gasteiger partial charge in [0.2, 0.25) is 0 Å². The molecule has 0 heterocycles. The molecule has 1 fully saturated rings. The molecule has 1 saturated carbocycles. The van der Waals surface area contributed by atoms with Crippen molar-refractivity contribution in [3.8, 4) is 0 Å². The number of esters is 1. The molecule has 2 nitrogen and oxygen atoms in total. The molecule has 0 aliphatic heterocycles. The minimum Gasteiger partial charge on any atom is -0.451 e. The summed E-state index contributed by atoms with van der Waals surface area (Å²) in [6.45, 7) is 11.1. The van der Waals surface area contributed by atoms with E-state index in [1.165, 1.54) is 0 Å². The van der Waals surface area contributed by atoms with E-state index in [9.17, 15) is 4.79 Å². The first-order chi connectivity index (χ1) is 6.48. The molecule has 0 aromatic carbocycles. The van der Waals surface area contributed by atoms with E-state index in [1.807, 2.05) is 6.92 Å². The van der Waals surface area contributed by atoms with Crippen molar-refractivity contribution in [3.05, 3.63) is 24.3 Å². The van der Waals surface area contributed by atoms with Gasteiger partial charge >= 0.3 is 5.97 Å². The van der Waals surface area contributed by atoms with E-state index in [2.05, 4.69) is 13.2 Å². The maximum atomic E-state index is 11.4. The summed E-state index contributed by atoms with van der Waals surface area (Å²) in [5.41, 5.74) is 0.998. The van der Waals surface area contributed by atoms with Gasteiger partial charge in [0, 0.05) is 5.57 Å². The van der Waals surface area contributed by atoms with Gasteiger partial charge in [-0.15, -0.1) is 0 Å². The third kappa shape index (κ3) is 2.06. The van der Waals surface area contributed by atoms with Crippen LogP contribution in [0.3, 0.4) is 0 Å². The molecule has 0 saturated heterocycles. The molecule has 0 N–H and O–H groups in total. The average Bonchev–Trinajstić information content (AvgIpc) is 2.53. The fraction of sp³-hybridized carbons (Fsp3) is 0.583. The summed E-state index contributed by atoms with van der Waals surface area (Å²) in [7, 11) is 0. The highest BCUT2D eigenvalue weighted by Gasteiger charge is 2.38. The predicted molar refractivity (Wildman–Crippen MR) is 56.9 cm³/mol. The maximum Gasteiger partial charge on any atom is 0.333 e. The molecule has 1 aliphatic rings. The molecule has 0 aromatic rings. The van der Waals surface area contributed by atoms with E-state index in [-0.39, 0.29) is 5.97 Å². The maximum absolute atomic E-state index is 11.4. The Balaban J connectivity index is 2.75. The van der Waals surface area contributed by atoms with Crippen LogP contribution in [0.5, 0.6) is 0 Å². The molecule has 0 amide bonds. The first-order valence-corrected chi connectivity index (χ1v) is 5.03. The van der Waals surface area contributed by atoms with E-state index in [0.29, 0.717) is 5.57 Å². The van der Waals surface area contributed by atoms with Crippen LogP contribution in [0, 0.1) is 0 Å². The highest BCUT2D eigenvalue weighted by Crippen LogP contribution is 2.38. The van der Waals surface area contributed by atoms with Gasteiger partial charge in [-0.2, -0.15) is 0 Å². The quantitative estimate of drug-likeness (QED) is 0.392. The second-order valence-electron chi connectivity index (χ2n) is 4.15. The van der Waals surface area contributed by atoms with Gasteiger partial charge in [-0.25, -0.2) is 4.79 Å².